The molecule has 2 nitrogen and oxygen atoms in total. The zero-order chi connectivity index (χ0) is 8.97. The molecule has 2 atom stereocenters. The minimum Gasteiger partial charge on any atom is -0.392 e. The van der Waals surface area contributed by atoms with Crippen LogP contribution in [0.2, 0.25) is 0 Å². The van der Waals surface area contributed by atoms with E-state index < -0.39 is 0 Å². The summed E-state index contributed by atoms with van der Waals surface area (Å²) in [5, 5.41) is 9.55. The van der Waals surface area contributed by atoms with E-state index in [0.717, 1.165) is 6.42 Å². The van der Waals surface area contributed by atoms with Gasteiger partial charge in [0.2, 0.25) is 0 Å². The zero-order valence-corrected chi connectivity index (χ0v) is 8.00. The molecule has 1 aliphatic carbocycles. The van der Waals surface area contributed by atoms with Crippen molar-refractivity contribution in [2.45, 2.75) is 57.6 Å². The second kappa shape index (κ2) is 4.83. The molecule has 0 unspecified atom stereocenters. The van der Waals surface area contributed by atoms with Gasteiger partial charge in [0.05, 0.1) is 6.10 Å². The first-order valence-corrected chi connectivity index (χ1v) is 5.19. The van der Waals surface area contributed by atoms with Crippen LogP contribution in [0, 0.1) is 5.92 Å². The number of aliphatic hydroxyl groups excluding tert-OH is 1. The monoisotopic (exact) mass is 171 g/mol. The van der Waals surface area contributed by atoms with E-state index in [1.165, 1.54) is 32.1 Å². The van der Waals surface area contributed by atoms with Crippen LogP contribution in [0.1, 0.15) is 45.4 Å². The fourth-order valence-corrected chi connectivity index (χ4v) is 2.11. The molecule has 0 aromatic heterocycles. The standard InChI is InChI=1S/C10H21NO/c1-2-9(12)10(11)8-6-4-3-5-7-8/h8-10,12H,2-7,11H2,1H3/t9-,10-/m1/s1. The van der Waals surface area contributed by atoms with Crippen molar-refractivity contribution in [3.05, 3.63) is 0 Å². The molecule has 0 bridgehead atoms. The molecule has 0 spiro atoms. The van der Waals surface area contributed by atoms with Gasteiger partial charge >= 0.3 is 0 Å². The van der Waals surface area contributed by atoms with Crippen molar-refractivity contribution >= 4 is 0 Å². The minimum atomic E-state index is -0.284. The molecule has 0 heterocycles. The van der Waals surface area contributed by atoms with Gasteiger partial charge in [0, 0.05) is 6.04 Å². The van der Waals surface area contributed by atoms with E-state index >= 15 is 0 Å². The van der Waals surface area contributed by atoms with Crippen LogP contribution in [0.5, 0.6) is 0 Å². The van der Waals surface area contributed by atoms with E-state index in [9.17, 15) is 5.11 Å². The fraction of sp³-hybridized carbons (Fsp3) is 1.00. The Kier molecular flexibility index (Phi) is 4.02. The van der Waals surface area contributed by atoms with E-state index in [2.05, 4.69) is 0 Å². The lowest BCUT2D eigenvalue weighted by molar-refractivity contribution is 0.100. The summed E-state index contributed by atoms with van der Waals surface area (Å²) < 4.78 is 0. The maximum absolute atomic E-state index is 9.55. The summed E-state index contributed by atoms with van der Waals surface area (Å²) in [6.07, 6.45) is 6.90. The first-order chi connectivity index (χ1) is 5.75. The van der Waals surface area contributed by atoms with Crippen LogP contribution in [-0.2, 0) is 0 Å². The van der Waals surface area contributed by atoms with Crippen molar-refractivity contribution in [1.29, 1.82) is 0 Å². The second-order valence-corrected chi connectivity index (χ2v) is 3.95. The Morgan fingerprint density at radius 3 is 2.42 bits per heavy atom. The molecule has 1 saturated carbocycles. The van der Waals surface area contributed by atoms with E-state index in [1.54, 1.807) is 0 Å². The summed E-state index contributed by atoms with van der Waals surface area (Å²) in [6, 6.07) is 0.0234. The number of aliphatic hydroxyl groups is 1. The molecule has 2 heteroatoms. The van der Waals surface area contributed by atoms with Gasteiger partial charge in [-0.15, -0.1) is 0 Å². The van der Waals surface area contributed by atoms with Gasteiger partial charge in [-0.3, -0.25) is 0 Å². The van der Waals surface area contributed by atoms with Crippen LogP contribution in [-0.4, -0.2) is 17.3 Å². The molecular formula is C10H21NO. The molecule has 1 rings (SSSR count). The number of rotatable bonds is 3. The zero-order valence-electron chi connectivity index (χ0n) is 8.00. The van der Waals surface area contributed by atoms with E-state index in [-0.39, 0.29) is 12.1 Å². The Balaban J connectivity index is 2.33. The van der Waals surface area contributed by atoms with Gasteiger partial charge in [0.1, 0.15) is 0 Å². The maximum Gasteiger partial charge on any atom is 0.0691 e. The highest BCUT2D eigenvalue weighted by Crippen LogP contribution is 2.27. The van der Waals surface area contributed by atoms with Crippen LogP contribution in [0.25, 0.3) is 0 Å². The summed E-state index contributed by atoms with van der Waals surface area (Å²) in [4.78, 5) is 0. The van der Waals surface area contributed by atoms with Gasteiger partial charge < -0.3 is 10.8 Å². The van der Waals surface area contributed by atoms with E-state index in [4.69, 9.17) is 5.73 Å². The van der Waals surface area contributed by atoms with Crippen molar-refractivity contribution in [1.82, 2.24) is 0 Å². The summed E-state index contributed by atoms with van der Waals surface area (Å²) in [7, 11) is 0. The highest BCUT2D eigenvalue weighted by Gasteiger charge is 2.24. The van der Waals surface area contributed by atoms with Gasteiger partial charge in [-0.25, -0.2) is 0 Å². The normalized spacial score (nSPS) is 25.2. The lowest BCUT2D eigenvalue weighted by Gasteiger charge is -2.30. The van der Waals surface area contributed by atoms with E-state index in [0.29, 0.717) is 5.92 Å². The highest BCUT2D eigenvalue weighted by molar-refractivity contribution is 4.81. The highest BCUT2D eigenvalue weighted by atomic mass is 16.3. The van der Waals surface area contributed by atoms with Crippen molar-refractivity contribution in [3.8, 4) is 0 Å². The average Bonchev–Trinajstić information content (AvgIpc) is 2.17. The Hall–Kier alpha value is -0.0800. The topological polar surface area (TPSA) is 46.2 Å². The quantitative estimate of drug-likeness (QED) is 0.678. The maximum atomic E-state index is 9.55. The van der Waals surface area contributed by atoms with Crippen LogP contribution in [0.4, 0.5) is 0 Å². The summed E-state index contributed by atoms with van der Waals surface area (Å²) >= 11 is 0. The molecule has 1 fully saturated rings. The number of hydrogen-bond acceptors (Lipinski definition) is 2. The first-order valence-electron chi connectivity index (χ1n) is 5.19. The second-order valence-electron chi connectivity index (χ2n) is 3.95. The first kappa shape index (κ1) is 10.0. The minimum absolute atomic E-state index is 0.0234. The van der Waals surface area contributed by atoms with Gasteiger partial charge in [-0.1, -0.05) is 26.2 Å². The summed E-state index contributed by atoms with van der Waals surface area (Å²) in [6.45, 7) is 1.99. The molecule has 0 aromatic carbocycles. The van der Waals surface area contributed by atoms with Crippen LogP contribution >= 0.6 is 0 Å². The summed E-state index contributed by atoms with van der Waals surface area (Å²) in [5.74, 6) is 0.577. The molecule has 0 amide bonds. The predicted octanol–water partition coefficient (Wildman–Crippen LogP) is 1.66. The molecule has 3 N–H and O–H groups in total. The smallest absolute Gasteiger partial charge is 0.0691 e. The third kappa shape index (κ3) is 2.46. The van der Waals surface area contributed by atoms with Crippen molar-refractivity contribution < 1.29 is 5.11 Å². The Labute approximate surface area is 75.2 Å². The third-order valence-corrected chi connectivity index (χ3v) is 3.06. The summed E-state index contributed by atoms with van der Waals surface area (Å²) in [5.41, 5.74) is 5.95. The lowest BCUT2D eigenvalue weighted by Crippen LogP contribution is -2.41. The van der Waals surface area contributed by atoms with Gasteiger partial charge in [0.25, 0.3) is 0 Å². The van der Waals surface area contributed by atoms with E-state index in [1.807, 2.05) is 6.92 Å². The number of hydrogen-bond donors (Lipinski definition) is 2. The largest absolute Gasteiger partial charge is 0.392 e. The van der Waals surface area contributed by atoms with Crippen molar-refractivity contribution in [2.75, 3.05) is 0 Å². The molecule has 0 aliphatic heterocycles. The molecular weight excluding hydrogens is 150 g/mol. The van der Waals surface area contributed by atoms with Crippen LogP contribution in [0.15, 0.2) is 0 Å². The van der Waals surface area contributed by atoms with Crippen LogP contribution < -0.4 is 5.73 Å². The van der Waals surface area contributed by atoms with Gasteiger partial charge in [0.15, 0.2) is 0 Å². The lowest BCUT2D eigenvalue weighted by atomic mass is 9.82. The van der Waals surface area contributed by atoms with Crippen molar-refractivity contribution in [2.24, 2.45) is 11.7 Å². The average molecular weight is 171 g/mol. The Bertz CT molecular complexity index is 121. The van der Waals surface area contributed by atoms with Crippen molar-refractivity contribution in [3.63, 3.8) is 0 Å². The number of nitrogens with two attached hydrogens (primary N) is 1. The molecule has 1 aliphatic rings. The third-order valence-electron chi connectivity index (χ3n) is 3.06. The molecule has 12 heavy (non-hydrogen) atoms. The van der Waals surface area contributed by atoms with Gasteiger partial charge in [-0.2, -0.15) is 0 Å². The Morgan fingerprint density at radius 2 is 1.92 bits per heavy atom. The SMILES string of the molecule is CC[C@@H](O)[C@H](N)C1CCCCC1. The molecule has 0 aromatic rings. The molecule has 0 radical (unpaired) electrons. The Morgan fingerprint density at radius 1 is 1.33 bits per heavy atom. The fourth-order valence-electron chi connectivity index (χ4n) is 2.11. The van der Waals surface area contributed by atoms with Crippen LogP contribution in [0.3, 0.4) is 0 Å². The molecule has 0 saturated heterocycles. The predicted molar refractivity (Wildman–Crippen MR) is 50.8 cm³/mol. The molecule has 72 valence electrons. The van der Waals surface area contributed by atoms with Gasteiger partial charge in [-0.05, 0) is 25.2 Å².